The summed E-state index contributed by atoms with van der Waals surface area (Å²) in [4.78, 5) is 27.7. The molecule has 2 aromatic carbocycles. The predicted octanol–water partition coefficient (Wildman–Crippen LogP) is 2.57. The molecule has 2 amide bonds. The van der Waals surface area contributed by atoms with Gasteiger partial charge in [-0.3, -0.25) is 19.7 Å². The van der Waals surface area contributed by atoms with Gasteiger partial charge in [0, 0.05) is 50.7 Å². The van der Waals surface area contributed by atoms with Crippen molar-refractivity contribution in [3.8, 4) is 5.75 Å². The largest absolute Gasteiger partial charge is 0.497 e. The minimum Gasteiger partial charge on any atom is -0.497 e. The van der Waals surface area contributed by atoms with E-state index in [1.807, 2.05) is 65.5 Å². The first-order valence-corrected chi connectivity index (χ1v) is 13.5. The van der Waals surface area contributed by atoms with Crippen LogP contribution in [0, 0.1) is 5.92 Å². The van der Waals surface area contributed by atoms with Gasteiger partial charge in [-0.25, -0.2) is 4.79 Å². The summed E-state index contributed by atoms with van der Waals surface area (Å²) >= 11 is 0. The molecule has 0 saturated carbocycles. The summed E-state index contributed by atoms with van der Waals surface area (Å²) in [5.41, 5.74) is 7.42. The number of hydrogen-bond acceptors (Lipinski definition) is 8. The Morgan fingerprint density at radius 2 is 1.95 bits per heavy atom. The van der Waals surface area contributed by atoms with Gasteiger partial charge in [-0.15, -0.1) is 0 Å². The summed E-state index contributed by atoms with van der Waals surface area (Å²) in [6.45, 7) is 2.71. The molecule has 11 heteroatoms. The van der Waals surface area contributed by atoms with Crippen molar-refractivity contribution in [3.05, 3.63) is 83.7 Å². The molecule has 5 N–H and O–H groups in total. The lowest BCUT2D eigenvalue weighted by atomic mass is 9.91. The fourth-order valence-corrected chi connectivity index (χ4v) is 5.35. The van der Waals surface area contributed by atoms with E-state index < -0.39 is 12.0 Å². The second-order valence-electron chi connectivity index (χ2n) is 10.0. The summed E-state index contributed by atoms with van der Waals surface area (Å²) in [5.74, 6) is 0.288. The number of rotatable bonds is 9. The molecule has 0 bridgehead atoms. The van der Waals surface area contributed by atoms with E-state index in [1.54, 1.807) is 14.2 Å². The van der Waals surface area contributed by atoms with Gasteiger partial charge in [0.2, 0.25) is 5.91 Å². The highest BCUT2D eigenvalue weighted by molar-refractivity contribution is 5.80. The van der Waals surface area contributed by atoms with E-state index in [2.05, 4.69) is 37.7 Å². The van der Waals surface area contributed by atoms with Crippen molar-refractivity contribution in [2.45, 2.75) is 31.8 Å². The summed E-state index contributed by atoms with van der Waals surface area (Å²) in [5, 5.41) is 12.8. The standard InChI is InChI=1S/C29H37N7O4/c1-30-28(37)24-17-35(13-12-25(24)34-29(38)40-18-20-7-4-3-5-8-20)16-21-11-14-36-26(21)27(31-19-32-36)33-22-9-6-10-23(15-22)39-2/h3-11,14-15,24-25,27,31-33H,12-13,16-19H2,1-2H3,(H,30,37)(H,34,38)/t24-,25-,27?/m1/s1. The van der Waals surface area contributed by atoms with Crippen molar-refractivity contribution >= 4 is 17.7 Å². The van der Waals surface area contributed by atoms with Crippen molar-refractivity contribution in [2.24, 2.45) is 5.92 Å². The van der Waals surface area contributed by atoms with Crippen LogP contribution >= 0.6 is 0 Å². The Hall–Kier alpha value is -4.22. The molecule has 40 heavy (non-hydrogen) atoms. The molecule has 11 nitrogen and oxygen atoms in total. The number of carbonyl (C=O) groups excluding carboxylic acids is 2. The number of hydrogen-bond donors (Lipinski definition) is 5. The zero-order valence-corrected chi connectivity index (χ0v) is 22.9. The van der Waals surface area contributed by atoms with E-state index in [-0.39, 0.29) is 24.7 Å². The second kappa shape index (κ2) is 12.8. The number of likely N-dealkylation sites (tertiary alicyclic amines) is 1. The lowest BCUT2D eigenvalue weighted by Crippen LogP contribution is -2.55. The number of fused-ring (bicyclic) bond motifs is 1. The summed E-state index contributed by atoms with van der Waals surface area (Å²) in [6.07, 6.45) is 2.03. The molecular weight excluding hydrogens is 510 g/mol. The maximum atomic E-state index is 12.9. The lowest BCUT2D eigenvalue weighted by molar-refractivity contribution is -0.127. The summed E-state index contributed by atoms with van der Waals surface area (Å²) < 4.78 is 12.8. The van der Waals surface area contributed by atoms with Crippen LogP contribution < -0.4 is 31.4 Å². The molecule has 0 spiro atoms. The van der Waals surface area contributed by atoms with Gasteiger partial charge < -0.3 is 30.8 Å². The molecule has 1 fully saturated rings. The highest BCUT2D eigenvalue weighted by Crippen LogP contribution is 2.28. The van der Waals surface area contributed by atoms with Crippen LogP contribution in [0.25, 0.3) is 0 Å². The zero-order chi connectivity index (χ0) is 27.9. The molecule has 5 rings (SSSR count). The first-order valence-electron chi connectivity index (χ1n) is 13.5. The molecule has 0 aliphatic carbocycles. The number of ether oxygens (including phenoxy) is 2. The van der Waals surface area contributed by atoms with Gasteiger partial charge >= 0.3 is 6.09 Å². The van der Waals surface area contributed by atoms with E-state index in [9.17, 15) is 9.59 Å². The highest BCUT2D eigenvalue weighted by atomic mass is 16.5. The van der Waals surface area contributed by atoms with Crippen molar-refractivity contribution in [3.63, 3.8) is 0 Å². The number of nitrogens with zero attached hydrogens (tertiary/aromatic N) is 2. The number of piperidine rings is 1. The zero-order valence-electron chi connectivity index (χ0n) is 22.9. The van der Waals surface area contributed by atoms with Gasteiger partial charge in [-0.1, -0.05) is 36.4 Å². The van der Waals surface area contributed by atoms with E-state index in [0.717, 1.165) is 34.8 Å². The van der Waals surface area contributed by atoms with Crippen LogP contribution in [0.1, 0.15) is 29.4 Å². The minimum absolute atomic E-state index is 0.0992. The summed E-state index contributed by atoms with van der Waals surface area (Å²) in [6, 6.07) is 19.2. The highest BCUT2D eigenvalue weighted by Gasteiger charge is 2.36. The molecular formula is C29H37N7O4. The van der Waals surface area contributed by atoms with E-state index in [0.29, 0.717) is 26.2 Å². The normalized spacial score (nSPS) is 20.5. The van der Waals surface area contributed by atoms with Gasteiger partial charge in [0.25, 0.3) is 0 Å². The third-order valence-corrected chi connectivity index (χ3v) is 7.41. The Balaban J connectivity index is 1.23. The molecule has 2 aliphatic rings. The third-order valence-electron chi connectivity index (χ3n) is 7.41. The molecule has 212 valence electrons. The van der Waals surface area contributed by atoms with E-state index >= 15 is 0 Å². The first-order chi connectivity index (χ1) is 19.5. The van der Waals surface area contributed by atoms with Gasteiger partial charge in [0.1, 0.15) is 18.5 Å². The number of alkyl carbamates (subject to hydrolysis) is 1. The van der Waals surface area contributed by atoms with Crippen LogP contribution in [-0.4, -0.2) is 61.5 Å². The monoisotopic (exact) mass is 547 g/mol. The average molecular weight is 548 g/mol. The Morgan fingerprint density at radius 1 is 1.10 bits per heavy atom. The molecule has 1 aromatic heterocycles. The minimum atomic E-state index is -0.513. The Bertz CT molecular complexity index is 1300. The van der Waals surface area contributed by atoms with E-state index in [4.69, 9.17) is 9.47 Å². The van der Waals surface area contributed by atoms with Gasteiger partial charge in [-0.05, 0) is 35.7 Å². The molecule has 0 radical (unpaired) electrons. The lowest BCUT2D eigenvalue weighted by Gasteiger charge is -2.38. The number of benzene rings is 2. The van der Waals surface area contributed by atoms with Crippen molar-refractivity contribution in [1.29, 1.82) is 0 Å². The van der Waals surface area contributed by atoms with Crippen LogP contribution in [0.15, 0.2) is 66.9 Å². The van der Waals surface area contributed by atoms with Gasteiger partial charge in [0.05, 0.1) is 25.4 Å². The van der Waals surface area contributed by atoms with Crippen LogP contribution in [0.2, 0.25) is 0 Å². The first kappa shape index (κ1) is 27.4. The topological polar surface area (TPSA) is 121 Å². The number of amides is 2. The maximum absolute atomic E-state index is 12.9. The van der Waals surface area contributed by atoms with Crippen LogP contribution in [0.5, 0.6) is 5.75 Å². The fraction of sp³-hybridized carbons (Fsp3) is 0.379. The fourth-order valence-electron chi connectivity index (χ4n) is 5.35. The quantitative estimate of drug-likeness (QED) is 0.277. The Labute approximate surface area is 234 Å². The van der Waals surface area contributed by atoms with Crippen LogP contribution in [0.4, 0.5) is 10.5 Å². The molecule has 1 saturated heterocycles. The Kier molecular flexibility index (Phi) is 8.72. The number of methoxy groups -OCH3 is 1. The van der Waals surface area contributed by atoms with Gasteiger partial charge in [0.15, 0.2) is 0 Å². The van der Waals surface area contributed by atoms with Crippen molar-refractivity contribution < 1.29 is 19.1 Å². The van der Waals surface area contributed by atoms with Crippen molar-refractivity contribution in [2.75, 3.05) is 44.7 Å². The molecule has 2 aliphatic heterocycles. The molecule has 3 atom stereocenters. The number of anilines is 1. The SMILES string of the molecule is CNC(=O)[C@@H]1CN(Cc2ccn3c2C(Nc2cccc(OC)c2)NCN3)CC[C@H]1NC(=O)OCc1ccccc1. The average Bonchev–Trinajstić information content (AvgIpc) is 3.40. The smallest absolute Gasteiger partial charge is 0.407 e. The molecule has 3 heterocycles. The second-order valence-corrected chi connectivity index (χ2v) is 10.0. The Morgan fingerprint density at radius 3 is 2.75 bits per heavy atom. The number of carbonyl (C=O) groups is 2. The van der Waals surface area contributed by atoms with Gasteiger partial charge in [-0.2, -0.15) is 0 Å². The van der Waals surface area contributed by atoms with Crippen molar-refractivity contribution in [1.82, 2.24) is 25.5 Å². The maximum Gasteiger partial charge on any atom is 0.407 e. The van der Waals surface area contributed by atoms with Crippen LogP contribution in [0.3, 0.4) is 0 Å². The molecule has 3 aromatic rings. The number of aromatic nitrogens is 1. The summed E-state index contributed by atoms with van der Waals surface area (Å²) in [7, 11) is 3.28. The predicted molar refractivity (Wildman–Crippen MR) is 152 cm³/mol. The number of nitrogens with one attached hydrogen (secondary N) is 5. The van der Waals surface area contributed by atoms with E-state index in [1.165, 1.54) is 0 Å². The molecule has 1 unspecified atom stereocenters. The third kappa shape index (κ3) is 6.49. The van der Waals surface area contributed by atoms with Crippen LogP contribution in [-0.2, 0) is 22.7 Å².